The van der Waals surface area contributed by atoms with Gasteiger partial charge in [0.25, 0.3) is 11.7 Å². The average Bonchev–Trinajstić information content (AvgIpc) is 3.49. The number of nitrogens with zero attached hydrogens (tertiary/aromatic N) is 2. The van der Waals surface area contributed by atoms with Crippen LogP contribution in [0.1, 0.15) is 62.8 Å². The summed E-state index contributed by atoms with van der Waals surface area (Å²) >= 11 is 0. The van der Waals surface area contributed by atoms with Gasteiger partial charge in [-0.2, -0.15) is 0 Å². The number of ketones is 1. The van der Waals surface area contributed by atoms with Crippen molar-refractivity contribution in [2.75, 3.05) is 52.6 Å². The van der Waals surface area contributed by atoms with Gasteiger partial charge in [-0.25, -0.2) is 0 Å². The number of hydrogen-bond acceptors (Lipinski definition) is 8. The van der Waals surface area contributed by atoms with Crippen LogP contribution in [0.3, 0.4) is 0 Å². The molecular weight excluding hydrogens is 536 g/mol. The van der Waals surface area contributed by atoms with Gasteiger partial charge in [0.15, 0.2) is 11.5 Å². The third kappa shape index (κ3) is 6.42. The zero-order chi connectivity index (χ0) is 29.6. The fourth-order valence-electron chi connectivity index (χ4n) is 5.88. The topological polar surface area (TPSA) is 97.8 Å². The molecule has 0 saturated carbocycles. The molecule has 5 rings (SSSR count). The molecule has 3 heterocycles. The van der Waals surface area contributed by atoms with Gasteiger partial charge in [-0.15, -0.1) is 0 Å². The highest BCUT2D eigenvalue weighted by Crippen LogP contribution is 2.43. The summed E-state index contributed by atoms with van der Waals surface area (Å²) in [5.74, 6) is 0.467. The van der Waals surface area contributed by atoms with Crippen LogP contribution >= 0.6 is 0 Å². The summed E-state index contributed by atoms with van der Waals surface area (Å²) < 4.78 is 23.2. The molecule has 226 valence electrons. The molecule has 2 fully saturated rings. The van der Waals surface area contributed by atoms with E-state index >= 15 is 0 Å². The molecule has 42 heavy (non-hydrogen) atoms. The summed E-state index contributed by atoms with van der Waals surface area (Å²) in [7, 11) is 0. The largest absolute Gasteiger partial charge is 0.507 e. The molecule has 9 heteroatoms. The molecule has 0 bridgehead atoms. The molecule has 0 aromatic heterocycles. The minimum Gasteiger partial charge on any atom is -0.507 e. The molecule has 9 nitrogen and oxygen atoms in total. The number of ether oxygens (including phenoxy) is 4. The number of likely N-dealkylation sites (tertiary alicyclic amines) is 1. The summed E-state index contributed by atoms with van der Waals surface area (Å²) in [6, 6.07) is 10.2. The van der Waals surface area contributed by atoms with E-state index in [0.29, 0.717) is 68.4 Å². The van der Waals surface area contributed by atoms with Gasteiger partial charge in [0.05, 0.1) is 38.0 Å². The monoisotopic (exact) mass is 578 g/mol. The first kappa shape index (κ1) is 29.9. The fourth-order valence-corrected chi connectivity index (χ4v) is 5.88. The van der Waals surface area contributed by atoms with Gasteiger partial charge in [-0.1, -0.05) is 19.4 Å². The Morgan fingerprint density at radius 2 is 1.81 bits per heavy atom. The lowest BCUT2D eigenvalue weighted by molar-refractivity contribution is -0.140. The second-order valence-electron chi connectivity index (χ2n) is 11.1. The average molecular weight is 579 g/mol. The Kier molecular flexibility index (Phi) is 9.69. The van der Waals surface area contributed by atoms with Gasteiger partial charge in [0.1, 0.15) is 17.6 Å². The number of carbonyl (C=O) groups excluding carboxylic acids is 2. The van der Waals surface area contributed by atoms with Crippen LogP contribution in [0.25, 0.3) is 5.76 Å². The first-order chi connectivity index (χ1) is 20.4. The molecule has 0 aliphatic carbocycles. The van der Waals surface area contributed by atoms with E-state index in [4.69, 9.17) is 18.9 Å². The predicted molar refractivity (Wildman–Crippen MR) is 159 cm³/mol. The number of hydrogen-bond donors (Lipinski definition) is 1. The molecule has 2 atom stereocenters. The number of carbonyl (C=O) groups is 2. The van der Waals surface area contributed by atoms with E-state index in [2.05, 4.69) is 11.8 Å². The number of benzene rings is 2. The van der Waals surface area contributed by atoms with Crippen molar-refractivity contribution in [3.8, 4) is 17.2 Å². The number of aliphatic hydroxyl groups excluding tert-OH is 1. The fraction of sp³-hybridized carbons (Fsp3) is 0.515. The predicted octanol–water partition coefficient (Wildman–Crippen LogP) is 4.73. The van der Waals surface area contributed by atoms with E-state index in [1.807, 2.05) is 44.2 Å². The van der Waals surface area contributed by atoms with Crippen LogP contribution in [-0.2, 0) is 20.7 Å². The molecule has 2 aromatic rings. The van der Waals surface area contributed by atoms with E-state index in [1.54, 1.807) is 11.0 Å². The SMILES string of the molecule is CCCCOc1ccc([C@H]2C(=C(O)c3ccc4c(c3)C[C@@H](C)O4)C(=O)C(=O)N2CCCN2CCOCC2)cc1OCC. The first-order valence-corrected chi connectivity index (χ1v) is 15.2. The number of rotatable bonds is 12. The van der Waals surface area contributed by atoms with Gasteiger partial charge in [-0.05, 0) is 68.1 Å². The van der Waals surface area contributed by atoms with Crippen molar-refractivity contribution in [3.05, 3.63) is 58.7 Å². The van der Waals surface area contributed by atoms with Crippen LogP contribution in [0, 0.1) is 0 Å². The van der Waals surface area contributed by atoms with E-state index in [0.717, 1.165) is 43.8 Å². The summed E-state index contributed by atoms with van der Waals surface area (Å²) in [4.78, 5) is 31.0. The highest BCUT2D eigenvalue weighted by molar-refractivity contribution is 6.46. The Morgan fingerprint density at radius 3 is 2.57 bits per heavy atom. The Morgan fingerprint density at radius 1 is 1.00 bits per heavy atom. The molecular formula is C33H42N2O7. The van der Waals surface area contributed by atoms with Crippen LogP contribution in [0.15, 0.2) is 42.0 Å². The van der Waals surface area contributed by atoms with Crippen LogP contribution in [0.2, 0.25) is 0 Å². The van der Waals surface area contributed by atoms with Crippen LogP contribution in [-0.4, -0.2) is 85.3 Å². The van der Waals surface area contributed by atoms with Crippen molar-refractivity contribution in [1.29, 1.82) is 0 Å². The highest BCUT2D eigenvalue weighted by atomic mass is 16.5. The molecule has 2 saturated heterocycles. The number of morpholine rings is 1. The van der Waals surface area contributed by atoms with Gasteiger partial charge in [0.2, 0.25) is 0 Å². The maximum absolute atomic E-state index is 13.6. The Bertz CT molecular complexity index is 1320. The molecule has 0 unspecified atom stereocenters. The zero-order valence-electron chi connectivity index (χ0n) is 24.9. The number of unbranched alkanes of at least 4 members (excludes halogenated alkanes) is 1. The maximum Gasteiger partial charge on any atom is 0.295 e. The third-order valence-electron chi connectivity index (χ3n) is 8.03. The van der Waals surface area contributed by atoms with E-state index in [9.17, 15) is 14.7 Å². The van der Waals surface area contributed by atoms with Crippen molar-refractivity contribution in [2.24, 2.45) is 0 Å². The summed E-state index contributed by atoms with van der Waals surface area (Å²) in [6.45, 7) is 11.2. The quantitative estimate of drug-likeness (QED) is 0.167. The van der Waals surface area contributed by atoms with E-state index in [-0.39, 0.29) is 17.4 Å². The first-order valence-electron chi connectivity index (χ1n) is 15.2. The lowest BCUT2D eigenvalue weighted by atomic mass is 9.94. The van der Waals surface area contributed by atoms with Crippen LogP contribution in [0.5, 0.6) is 17.2 Å². The molecule has 0 spiro atoms. The maximum atomic E-state index is 13.6. The minimum atomic E-state index is -0.762. The summed E-state index contributed by atoms with van der Waals surface area (Å²) in [6.07, 6.45) is 3.38. The van der Waals surface area contributed by atoms with Crippen molar-refractivity contribution in [2.45, 2.75) is 58.6 Å². The third-order valence-corrected chi connectivity index (χ3v) is 8.03. The second kappa shape index (κ2) is 13.6. The number of amides is 1. The molecule has 2 aromatic carbocycles. The Labute approximate surface area is 248 Å². The molecule has 3 aliphatic rings. The van der Waals surface area contributed by atoms with Crippen molar-refractivity contribution < 1.29 is 33.6 Å². The molecule has 1 N–H and O–H groups in total. The Balaban J connectivity index is 1.51. The molecule has 0 radical (unpaired) electrons. The number of aliphatic hydroxyl groups is 1. The Hall–Kier alpha value is -3.56. The summed E-state index contributed by atoms with van der Waals surface area (Å²) in [5, 5.41) is 11.6. The van der Waals surface area contributed by atoms with Gasteiger partial charge in [-0.3, -0.25) is 14.5 Å². The van der Waals surface area contributed by atoms with Gasteiger partial charge in [0, 0.05) is 38.2 Å². The standard InChI is InChI=1S/C33H42N2O7/c1-4-6-16-41-27-11-8-23(21-28(27)40-5-2)30-29(31(36)24-9-10-26-25(20-24)19-22(3)42-26)32(37)33(38)35(30)13-7-12-34-14-17-39-18-15-34/h8-11,20-22,30,36H,4-7,12-19H2,1-3H3/t22-,30+/m1/s1. The zero-order valence-corrected chi connectivity index (χ0v) is 24.9. The summed E-state index contributed by atoms with van der Waals surface area (Å²) in [5.41, 5.74) is 2.23. The normalized spacial score (nSPS) is 21.8. The molecule has 3 aliphatic heterocycles. The number of fused-ring (bicyclic) bond motifs is 1. The van der Waals surface area contributed by atoms with Crippen molar-refractivity contribution in [1.82, 2.24) is 9.80 Å². The molecule has 1 amide bonds. The van der Waals surface area contributed by atoms with Crippen molar-refractivity contribution in [3.63, 3.8) is 0 Å². The second-order valence-corrected chi connectivity index (χ2v) is 11.1. The van der Waals surface area contributed by atoms with Gasteiger partial charge < -0.3 is 29.0 Å². The van der Waals surface area contributed by atoms with Gasteiger partial charge >= 0.3 is 0 Å². The lowest BCUT2D eigenvalue weighted by Crippen LogP contribution is -2.39. The van der Waals surface area contributed by atoms with Crippen LogP contribution in [0.4, 0.5) is 0 Å². The number of Topliss-reactive ketones (excluding diaryl/α,β-unsaturated/α-hetero) is 1. The van der Waals surface area contributed by atoms with Crippen molar-refractivity contribution >= 4 is 17.4 Å². The smallest absolute Gasteiger partial charge is 0.295 e. The minimum absolute atomic E-state index is 0.0458. The van der Waals surface area contributed by atoms with Crippen LogP contribution < -0.4 is 14.2 Å². The van der Waals surface area contributed by atoms with E-state index < -0.39 is 17.7 Å². The lowest BCUT2D eigenvalue weighted by Gasteiger charge is -2.29. The van der Waals surface area contributed by atoms with E-state index in [1.165, 1.54) is 0 Å². The highest BCUT2D eigenvalue weighted by Gasteiger charge is 2.46.